The van der Waals surface area contributed by atoms with Gasteiger partial charge >= 0.3 is 5.97 Å². The van der Waals surface area contributed by atoms with E-state index in [2.05, 4.69) is 15.5 Å². The number of thiazole rings is 1. The molecule has 0 spiro atoms. The molecule has 0 atom stereocenters. The molecule has 1 heterocycles. The molecule has 0 aliphatic heterocycles. The maximum absolute atomic E-state index is 11.0. The van der Waals surface area contributed by atoms with Crippen molar-refractivity contribution < 1.29 is 19.6 Å². The lowest BCUT2D eigenvalue weighted by molar-refractivity contribution is -0.384. The summed E-state index contributed by atoms with van der Waals surface area (Å²) in [5.74, 6) is -0.988. The van der Waals surface area contributed by atoms with Crippen molar-refractivity contribution in [2.45, 2.75) is 0 Å². The first-order chi connectivity index (χ1) is 13.5. The fourth-order valence-electron chi connectivity index (χ4n) is 2.24. The van der Waals surface area contributed by atoms with Crippen LogP contribution in [0.3, 0.4) is 0 Å². The minimum atomic E-state index is -1.16. The van der Waals surface area contributed by atoms with Gasteiger partial charge in [0.1, 0.15) is 5.75 Å². The van der Waals surface area contributed by atoms with Gasteiger partial charge in [0.15, 0.2) is 6.61 Å². The molecule has 142 valence electrons. The van der Waals surface area contributed by atoms with E-state index >= 15 is 0 Å². The number of non-ortho nitro benzene ring substituents is 1. The van der Waals surface area contributed by atoms with Gasteiger partial charge in [-0.1, -0.05) is 30.3 Å². The lowest BCUT2D eigenvalue weighted by Crippen LogP contribution is -2.10. The predicted molar refractivity (Wildman–Crippen MR) is 105 cm³/mol. The van der Waals surface area contributed by atoms with Gasteiger partial charge in [0.05, 0.1) is 16.8 Å². The number of anilines is 1. The zero-order valence-electron chi connectivity index (χ0n) is 14.3. The number of hydrogen-bond donors (Lipinski definition) is 2. The van der Waals surface area contributed by atoms with Crippen molar-refractivity contribution in [1.29, 1.82) is 0 Å². The van der Waals surface area contributed by atoms with Gasteiger partial charge in [-0.15, -0.1) is 11.3 Å². The van der Waals surface area contributed by atoms with Gasteiger partial charge in [-0.2, -0.15) is 5.10 Å². The largest absolute Gasteiger partial charge is 0.481 e. The van der Waals surface area contributed by atoms with Gasteiger partial charge in [0.2, 0.25) is 5.13 Å². The monoisotopic (exact) mass is 398 g/mol. The van der Waals surface area contributed by atoms with Crippen molar-refractivity contribution in [1.82, 2.24) is 4.98 Å². The Morgan fingerprint density at radius 2 is 2.11 bits per heavy atom. The molecule has 9 nitrogen and oxygen atoms in total. The molecule has 0 saturated heterocycles. The first-order valence-corrected chi connectivity index (χ1v) is 8.84. The van der Waals surface area contributed by atoms with Crippen molar-refractivity contribution >= 4 is 34.3 Å². The highest BCUT2D eigenvalue weighted by atomic mass is 32.1. The van der Waals surface area contributed by atoms with E-state index in [0.29, 0.717) is 5.13 Å². The average Bonchev–Trinajstić information content (AvgIpc) is 3.16. The Hall–Kier alpha value is -3.79. The van der Waals surface area contributed by atoms with Gasteiger partial charge in [-0.05, 0) is 6.07 Å². The van der Waals surface area contributed by atoms with Crippen LogP contribution in [0.5, 0.6) is 5.75 Å². The predicted octanol–water partition coefficient (Wildman–Crippen LogP) is 3.63. The number of rotatable bonds is 8. The van der Waals surface area contributed by atoms with E-state index < -0.39 is 17.5 Å². The molecule has 0 unspecified atom stereocenters. The number of carboxylic acids is 1. The Morgan fingerprint density at radius 1 is 1.32 bits per heavy atom. The van der Waals surface area contributed by atoms with E-state index in [1.807, 2.05) is 35.7 Å². The smallest absolute Gasteiger partial charge is 0.341 e. The Bertz CT molecular complexity index is 1020. The molecule has 0 saturated carbocycles. The van der Waals surface area contributed by atoms with Gasteiger partial charge in [-0.25, -0.2) is 9.78 Å². The Labute approximate surface area is 163 Å². The number of nitrogens with one attached hydrogen (secondary N) is 1. The quantitative estimate of drug-likeness (QED) is 0.337. The fourth-order valence-corrected chi connectivity index (χ4v) is 2.91. The zero-order valence-corrected chi connectivity index (χ0v) is 15.1. The van der Waals surface area contributed by atoms with Crippen LogP contribution in [0.4, 0.5) is 10.8 Å². The SMILES string of the molecule is O=C(O)COc1ccc([N+](=O)[O-])cc1C=NNc1nc(-c2ccccc2)cs1. The third kappa shape index (κ3) is 4.89. The zero-order chi connectivity index (χ0) is 19.9. The van der Waals surface area contributed by atoms with Crippen LogP contribution in [0.15, 0.2) is 59.0 Å². The van der Waals surface area contributed by atoms with Crippen LogP contribution >= 0.6 is 11.3 Å². The second-order valence-corrected chi connectivity index (χ2v) is 6.29. The molecular formula is C18H14N4O5S. The van der Waals surface area contributed by atoms with Crippen LogP contribution in [0.25, 0.3) is 11.3 Å². The van der Waals surface area contributed by atoms with Crippen LogP contribution in [0, 0.1) is 10.1 Å². The number of nitrogens with zero attached hydrogens (tertiary/aromatic N) is 3. The van der Waals surface area contributed by atoms with Gasteiger partial charge < -0.3 is 9.84 Å². The summed E-state index contributed by atoms with van der Waals surface area (Å²) in [6.45, 7) is -0.570. The molecule has 0 fully saturated rings. The van der Waals surface area contributed by atoms with Crippen molar-refractivity contribution in [3.05, 3.63) is 69.6 Å². The molecule has 3 rings (SSSR count). The number of carboxylic acid groups (broad SMARTS) is 1. The standard InChI is InChI=1S/C18H14N4O5S/c23-17(24)10-27-16-7-6-14(22(25)26)8-13(16)9-19-21-18-20-15(11-28-18)12-4-2-1-3-5-12/h1-9,11H,10H2,(H,20,21)(H,23,24). The second kappa shape index (κ2) is 8.73. The summed E-state index contributed by atoms with van der Waals surface area (Å²) in [5.41, 5.74) is 4.63. The van der Waals surface area contributed by atoms with Crippen LogP contribution in [-0.2, 0) is 4.79 Å². The number of ether oxygens (including phenoxy) is 1. The van der Waals surface area contributed by atoms with Gasteiger partial charge in [-0.3, -0.25) is 15.5 Å². The number of nitro benzene ring substituents is 1. The number of benzene rings is 2. The van der Waals surface area contributed by atoms with Crippen LogP contribution in [0.2, 0.25) is 0 Å². The highest BCUT2D eigenvalue weighted by Crippen LogP contribution is 2.25. The Balaban J connectivity index is 1.75. The molecule has 1 aromatic heterocycles. The van der Waals surface area contributed by atoms with Gasteiger partial charge in [0.25, 0.3) is 5.69 Å². The van der Waals surface area contributed by atoms with E-state index in [4.69, 9.17) is 9.84 Å². The maximum Gasteiger partial charge on any atom is 0.341 e. The number of aliphatic carboxylic acids is 1. The minimum Gasteiger partial charge on any atom is -0.481 e. The second-order valence-electron chi connectivity index (χ2n) is 5.44. The summed E-state index contributed by atoms with van der Waals surface area (Å²) >= 11 is 1.35. The third-order valence-electron chi connectivity index (χ3n) is 3.49. The molecule has 10 heteroatoms. The minimum absolute atomic E-state index is 0.162. The lowest BCUT2D eigenvalue weighted by atomic mass is 10.2. The van der Waals surface area contributed by atoms with E-state index in [1.165, 1.54) is 35.8 Å². The highest BCUT2D eigenvalue weighted by Gasteiger charge is 2.12. The summed E-state index contributed by atoms with van der Waals surface area (Å²) in [6, 6.07) is 13.5. The van der Waals surface area contributed by atoms with Crippen LogP contribution in [-0.4, -0.2) is 33.8 Å². The summed E-state index contributed by atoms with van der Waals surface area (Å²) in [6.07, 6.45) is 1.31. The van der Waals surface area contributed by atoms with Crippen molar-refractivity contribution in [3.63, 3.8) is 0 Å². The molecular weight excluding hydrogens is 384 g/mol. The van der Waals surface area contributed by atoms with Crippen molar-refractivity contribution in [2.24, 2.45) is 5.10 Å². The van der Waals surface area contributed by atoms with Crippen molar-refractivity contribution in [3.8, 4) is 17.0 Å². The van der Waals surface area contributed by atoms with E-state index in [1.54, 1.807) is 0 Å². The Kier molecular flexibility index (Phi) is 5.92. The third-order valence-corrected chi connectivity index (χ3v) is 4.24. The number of aromatic nitrogens is 1. The summed E-state index contributed by atoms with van der Waals surface area (Å²) < 4.78 is 5.14. The lowest BCUT2D eigenvalue weighted by Gasteiger charge is -2.06. The topological polar surface area (TPSA) is 127 Å². The molecule has 2 N–H and O–H groups in total. The maximum atomic E-state index is 11.0. The number of hydrazone groups is 1. The molecule has 0 aliphatic rings. The summed E-state index contributed by atoms with van der Waals surface area (Å²) in [5, 5.41) is 26.2. The number of hydrogen-bond acceptors (Lipinski definition) is 8. The highest BCUT2D eigenvalue weighted by molar-refractivity contribution is 7.14. The number of carbonyl (C=O) groups is 1. The van der Waals surface area contributed by atoms with Crippen LogP contribution < -0.4 is 10.2 Å². The molecule has 0 aliphatic carbocycles. The first kappa shape index (κ1) is 19.0. The van der Waals surface area contributed by atoms with Crippen LogP contribution in [0.1, 0.15) is 5.56 Å². The number of nitro groups is 1. The summed E-state index contributed by atoms with van der Waals surface area (Å²) in [4.78, 5) is 25.5. The molecule has 0 bridgehead atoms. The van der Waals surface area contributed by atoms with E-state index in [0.717, 1.165) is 11.3 Å². The molecule has 2 aromatic carbocycles. The Morgan fingerprint density at radius 3 is 2.82 bits per heavy atom. The normalized spacial score (nSPS) is 10.7. The fraction of sp³-hybridized carbons (Fsp3) is 0.0556. The van der Waals surface area contributed by atoms with Crippen molar-refractivity contribution in [2.75, 3.05) is 12.0 Å². The van der Waals surface area contributed by atoms with E-state index in [-0.39, 0.29) is 17.0 Å². The average molecular weight is 398 g/mol. The molecule has 28 heavy (non-hydrogen) atoms. The first-order valence-electron chi connectivity index (χ1n) is 7.96. The molecule has 0 amide bonds. The summed E-state index contributed by atoms with van der Waals surface area (Å²) in [7, 11) is 0. The molecule has 0 radical (unpaired) electrons. The van der Waals surface area contributed by atoms with E-state index in [9.17, 15) is 14.9 Å². The van der Waals surface area contributed by atoms with Gasteiger partial charge in [0, 0.05) is 28.6 Å². The molecule has 3 aromatic rings.